The molecule has 1 aromatic carbocycles. The highest BCUT2D eigenvalue weighted by Crippen LogP contribution is 2.43. The molecule has 0 fully saturated rings. The number of hydrogen-bond donors (Lipinski definition) is 1. The van der Waals surface area contributed by atoms with E-state index in [1.807, 2.05) is 6.92 Å². The van der Waals surface area contributed by atoms with Gasteiger partial charge in [-0.3, -0.25) is 0 Å². The van der Waals surface area contributed by atoms with Crippen LogP contribution in [0, 0.1) is 0 Å². The molecule has 1 aliphatic heterocycles. The Bertz CT molecular complexity index is 384. The van der Waals surface area contributed by atoms with Crippen molar-refractivity contribution in [1.29, 1.82) is 0 Å². The predicted octanol–water partition coefficient (Wildman–Crippen LogP) is 3.65. The lowest BCUT2D eigenvalue weighted by Gasteiger charge is -2.07. The van der Waals surface area contributed by atoms with Crippen LogP contribution >= 0.6 is 22.5 Å². The lowest BCUT2D eigenvalue weighted by atomic mass is 10.1. The molecule has 1 aliphatic rings. The fourth-order valence-corrected chi connectivity index (χ4v) is 1.91. The van der Waals surface area contributed by atoms with E-state index in [0.717, 1.165) is 5.56 Å². The summed E-state index contributed by atoms with van der Waals surface area (Å²) in [5.74, 6) is 0.145. The fourth-order valence-electron chi connectivity index (χ4n) is 1.28. The molecule has 0 amide bonds. The molecule has 0 aromatic heterocycles. The van der Waals surface area contributed by atoms with Crippen molar-refractivity contribution in [3.8, 4) is 11.5 Å². The SMILES string of the molecule is C[C@H](SS)c1ccc2c(c1)OC(F)(F)O2. The monoisotopic (exact) mass is 250 g/mol. The Hall–Kier alpha value is -0.620. The van der Waals surface area contributed by atoms with Crippen LogP contribution in [-0.4, -0.2) is 6.29 Å². The number of ether oxygens (including phenoxy) is 2. The van der Waals surface area contributed by atoms with Crippen molar-refractivity contribution in [3.63, 3.8) is 0 Å². The van der Waals surface area contributed by atoms with Crippen LogP contribution in [0.15, 0.2) is 18.2 Å². The summed E-state index contributed by atoms with van der Waals surface area (Å²) in [5.41, 5.74) is 0.870. The number of halogens is 2. The van der Waals surface area contributed by atoms with Crippen molar-refractivity contribution in [3.05, 3.63) is 23.8 Å². The summed E-state index contributed by atoms with van der Waals surface area (Å²) < 4.78 is 34.0. The summed E-state index contributed by atoms with van der Waals surface area (Å²) in [6, 6.07) is 4.74. The Balaban J connectivity index is 2.30. The van der Waals surface area contributed by atoms with Crippen LogP contribution in [0.4, 0.5) is 8.78 Å². The first-order valence-corrected chi connectivity index (χ1v) is 6.15. The minimum absolute atomic E-state index is 0.0696. The molecule has 0 spiro atoms. The summed E-state index contributed by atoms with van der Waals surface area (Å²) in [5, 5.41) is 0.108. The zero-order chi connectivity index (χ0) is 11.1. The number of hydrogen-bond acceptors (Lipinski definition) is 4. The molecular formula is C9H8F2O2S2. The zero-order valence-corrected chi connectivity index (χ0v) is 9.45. The highest BCUT2D eigenvalue weighted by atomic mass is 33.1. The predicted molar refractivity (Wildman–Crippen MR) is 57.6 cm³/mol. The van der Waals surface area contributed by atoms with E-state index in [0.29, 0.717) is 0 Å². The third kappa shape index (κ3) is 2.15. The van der Waals surface area contributed by atoms with Crippen molar-refractivity contribution in [2.24, 2.45) is 0 Å². The van der Waals surface area contributed by atoms with Crippen molar-refractivity contribution in [1.82, 2.24) is 0 Å². The molecule has 0 saturated carbocycles. The normalized spacial score (nSPS) is 18.9. The molecule has 1 aromatic rings. The Morgan fingerprint density at radius 1 is 1.33 bits per heavy atom. The van der Waals surface area contributed by atoms with E-state index in [2.05, 4.69) is 21.1 Å². The first-order valence-electron chi connectivity index (χ1n) is 4.22. The maximum atomic E-state index is 12.7. The molecule has 0 aliphatic carbocycles. The molecule has 0 bridgehead atoms. The topological polar surface area (TPSA) is 18.5 Å². The average Bonchev–Trinajstić information content (AvgIpc) is 2.49. The molecule has 0 radical (unpaired) electrons. The Labute approximate surface area is 94.8 Å². The van der Waals surface area contributed by atoms with E-state index in [1.165, 1.54) is 16.9 Å². The van der Waals surface area contributed by atoms with Gasteiger partial charge in [-0.2, -0.15) is 0 Å². The minimum Gasteiger partial charge on any atom is -0.395 e. The number of alkyl halides is 2. The quantitative estimate of drug-likeness (QED) is 0.638. The second kappa shape index (κ2) is 3.75. The van der Waals surface area contributed by atoms with Gasteiger partial charge in [0.15, 0.2) is 11.5 Å². The van der Waals surface area contributed by atoms with Crippen LogP contribution in [0.25, 0.3) is 0 Å². The summed E-state index contributed by atoms with van der Waals surface area (Å²) >= 11 is 4.06. The van der Waals surface area contributed by atoms with Gasteiger partial charge in [0.2, 0.25) is 0 Å². The first-order chi connectivity index (χ1) is 7.02. The Kier molecular flexibility index (Phi) is 2.72. The third-order valence-electron chi connectivity index (χ3n) is 2.05. The Morgan fingerprint density at radius 3 is 2.67 bits per heavy atom. The van der Waals surface area contributed by atoms with E-state index < -0.39 is 6.29 Å². The van der Waals surface area contributed by atoms with Crippen LogP contribution < -0.4 is 9.47 Å². The molecule has 1 heterocycles. The molecule has 6 heteroatoms. The largest absolute Gasteiger partial charge is 0.586 e. The molecule has 2 nitrogen and oxygen atoms in total. The van der Waals surface area contributed by atoms with E-state index >= 15 is 0 Å². The van der Waals surface area contributed by atoms with Crippen LogP contribution in [0.5, 0.6) is 11.5 Å². The molecule has 0 saturated heterocycles. The first kappa shape index (κ1) is 10.9. The highest BCUT2D eigenvalue weighted by Gasteiger charge is 2.43. The maximum absolute atomic E-state index is 12.7. The third-order valence-corrected chi connectivity index (χ3v) is 3.59. The molecule has 2 rings (SSSR count). The van der Waals surface area contributed by atoms with Gasteiger partial charge in [-0.05, 0) is 24.6 Å². The van der Waals surface area contributed by atoms with E-state index in [1.54, 1.807) is 12.1 Å². The summed E-state index contributed by atoms with van der Waals surface area (Å²) in [6.07, 6.45) is -3.54. The average molecular weight is 250 g/mol. The van der Waals surface area contributed by atoms with Gasteiger partial charge in [0.1, 0.15) is 0 Å². The molecule has 82 valence electrons. The molecule has 0 unspecified atom stereocenters. The molecular weight excluding hydrogens is 242 g/mol. The molecule has 0 N–H and O–H groups in total. The Morgan fingerprint density at radius 2 is 2.00 bits per heavy atom. The minimum atomic E-state index is -3.54. The van der Waals surface area contributed by atoms with E-state index in [9.17, 15) is 8.78 Å². The van der Waals surface area contributed by atoms with Crippen LogP contribution in [0.3, 0.4) is 0 Å². The number of rotatable bonds is 2. The maximum Gasteiger partial charge on any atom is 0.586 e. The summed E-state index contributed by atoms with van der Waals surface area (Å²) in [7, 11) is 1.33. The second-order valence-electron chi connectivity index (χ2n) is 3.12. The lowest BCUT2D eigenvalue weighted by molar-refractivity contribution is -0.286. The van der Waals surface area contributed by atoms with Crippen molar-refractivity contribution >= 4 is 22.5 Å². The van der Waals surface area contributed by atoms with Crippen LogP contribution in [0.1, 0.15) is 17.7 Å². The van der Waals surface area contributed by atoms with Gasteiger partial charge >= 0.3 is 6.29 Å². The van der Waals surface area contributed by atoms with Gasteiger partial charge in [-0.1, -0.05) is 16.9 Å². The van der Waals surface area contributed by atoms with Gasteiger partial charge in [0, 0.05) is 5.25 Å². The number of fused-ring (bicyclic) bond motifs is 1. The zero-order valence-electron chi connectivity index (χ0n) is 7.74. The van der Waals surface area contributed by atoms with E-state index in [4.69, 9.17) is 0 Å². The van der Waals surface area contributed by atoms with Gasteiger partial charge < -0.3 is 9.47 Å². The molecule has 1 atom stereocenters. The number of benzene rings is 1. The van der Waals surface area contributed by atoms with Crippen LogP contribution in [0.2, 0.25) is 0 Å². The lowest BCUT2D eigenvalue weighted by Crippen LogP contribution is -2.25. The molecule has 15 heavy (non-hydrogen) atoms. The van der Waals surface area contributed by atoms with Crippen molar-refractivity contribution in [2.45, 2.75) is 18.5 Å². The highest BCUT2D eigenvalue weighted by molar-refractivity contribution is 8.68. The van der Waals surface area contributed by atoms with Gasteiger partial charge in [-0.15, -0.1) is 20.4 Å². The van der Waals surface area contributed by atoms with Gasteiger partial charge in [0.05, 0.1) is 0 Å². The standard InChI is InChI=1S/C9H8F2O2S2/c1-5(15-14)6-2-3-7-8(4-6)13-9(10,11)12-7/h2-5,14H,1H3/t5-/m0/s1. The summed E-state index contributed by atoms with van der Waals surface area (Å²) in [6.45, 7) is 1.92. The van der Waals surface area contributed by atoms with Crippen LogP contribution in [-0.2, 0) is 0 Å². The summed E-state index contributed by atoms with van der Waals surface area (Å²) in [4.78, 5) is 0. The smallest absolute Gasteiger partial charge is 0.395 e. The van der Waals surface area contributed by atoms with E-state index in [-0.39, 0.29) is 16.7 Å². The fraction of sp³-hybridized carbons (Fsp3) is 0.333. The van der Waals surface area contributed by atoms with Crippen molar-refractivity contribution in [2.75, 3.05) is 0 Å². The number of thiol groups is 1. The van der Waals surface area contributed by atoms with Crippen molar-refractivity contribution < 1.29 is 18.3 Å². The second-order valence-corrected chi connectivity index (χ2v) is 4.67. The van der Waals surface area contributed by atoms with Gasteiger partial charge in [0.25, 0.3) is 0 Å². The van der Waals surface area contributed by atoms with Gasteiger partial charge in [-0.25, -0.2) is 0 Å².